The predicted molar refractivity (Wildman–Crippen MR) is 134 cm³/mol. The lowest BCUT2D eigenvalue weighted by Gasteiger charge is -2.26. The van der Waals surface area contributed by atoms with Crippen LogP contribution in [0.1, 0.15) is 41.4 Å². The number of nitrogens with zero attached hydrogens (tertiary/aromatic N) is 2. The van der Waals surface area contributed by atoms with Gasteiger partial charge in [0.05, 0.1) is 18.4 Å². The number of ether oxygens (including phenoxy) is 1. The largest absolute Gasteiger partial charge is 0.422 e. The van der Waals surface area contributed by atoms with E-state index in [0.717, 1.165) is 24.2 Å². The molecule has 1 unspecified atom stereocenters. The van der Waals surface area contributed by atoms with Crippen molar-refractivity contribution in [2.45, 2.75) is 26.4 Å². The molecule has 0 amide bonds. The highest BCUT2D eigenvalue weighted by Gasteiger charge is 2.27. The van der Waals surface area contributed by atoms with Crippen molar-refractivity contribution >= 4 is 28.4 Å². The highest BCUT2D eigenvalue weighted by Crippen LogP contribution is 2.32. The summed E-state index contributed by atoms with van der Waals surface area (Å²) in [7, 11) is 0. The highest BCUT2D eigenvalue weighted by atomic mass is 16.5. The zero-order chi connectivity index (χ0) is 24.4. The predicted octanol–water partition coefficient (Wildman–Crippen LogP) is 4.42. The lowest BCUT2D eigenvalue weighted by atomic mass is 9.96. The molecule has 4 aromatic rings. The third-order valence-electron chi connectivity index (χ3n) is 6.14. The van der Waals surface area contributed by atoms with Crippen LogP contribution < -0.4 is 16.3 Å². The molecular formula is C27H26N4O4. The summed E-state index contributed by atoms with van der Waals surface area (Å²) in [5.74, 6) is 0.0834. The van der Waals surface area contributed by atoms with Crippen LogP contribution in [-0.2, 0) is 11.2 Å². The zero-order valence-electron chi connectivity index (χ0n) is 19.6. The number of nitrogens with one attached hydrogen (secondary N) is 2. The maximum atomic E-state index is 12.8. The summed E-state index contributed by atoms with van der Waals surface area (Å²) in [5.41, 5.74) is 4.05. The number of anilines is 2. The number of morpholine rings is 1. The number of hydrogen-bond donors (Lipinski definition) is 2. The molecule has 0 spiro atoms. The van der Waals surface area contributed by atoms with E-state index < -0.39 is 11.7 Å². The fourth-order valence-corrected chi connectivity index (χ4v) is 4.50. The number of carbonyl (C=O) groups excluding carboxylic acids is 1. The van der Waals surface area contributed by atoms with Crippen molar-refractivity contribution in [1.82, 2.24) is 15.3 Å². The molecule has 0 radical (unpaired) electrons. The van der Waals surface area contributed by atoms with Crippen molar-refractivity contribution in [3.05, 3.63) is 81.8 Å². The maximum Gasteiger partial charge on any atom is 0.347 e. The molecule has 1 atom stereocenters. The molecule has 178 valence electrons. The van der Waals surface area contributed by atoms with E-state index in [-0.39, 0.29) is 11.3 Å². The van der Waals surface area contributed by atoms with Crippen LogP contribution in [0.15, 0.2) is 63.9 Å². The Morgan fingerprint density at radius 2 is 2.06 bits per heavy atom. The molecule has 8 nitrogen and oxygen atoms in total. The minimum atomic E-state index is -0.666. The monoisotopic (exact) mass is 470 g/mol. The van der Waals surface area contributed by atoms with Crippen LogP contribution in [0.3, 0.4) is 0 Å². The van der Waals surface area contributed by atoms with E-state index >= 15 is 0 Å². The van der Waals surface area contributed by atoms with E-state index in [4.69, 9.17) is 9.15 Å². The Bertz CT molecular complexity index is 1460. The molecule has 35 heavy (non-hydrogen) atoms. The summed E-state index contributed by atoms with van der Waals surface area (Å²) in [6.45, 7) is 5.22. The molecule has 1 aliphatic rings. The lowest BCUT2D eigenvalue weighted by molar-refractivity contribution is 0.0277. The first-order valence-corrected chi connectivity index (χ1v) is 11.7. The van der Waals surface area contributed by atoms with E-state index in [1.54, 1.807) is 12.3 Å². The van der Waals surface area contributed by atoms with E-state index in [9.17, 15) is 9.59 Å². The highest BCUT2D eigenvalue weighted by molar-refractivity contribution is 6.00. The quantitative estimate of drug-likeness (QED) is 0.315. The Balaban J connectivity index is 1.53. The van der Waals surface area contributed by atoms with Gasteiger partial charge in [0.15, 0.2) is 5.78 Å². The van der Waals surface area contributed by atoms with Crippen molar-refractivity contribution in [2.24, 2.45) is 0 Å². The van der Waals surface area contributed by atoms with Crippen LogP contribution in [0.5, 0.6) is 0 Å². The topological polar surface area (TPSA) is 106 Å². The molecule has 2 N–H and O–H groups in total. The summed E-state index contributed by atoms with van der Waals surface area (Å²) in [6, 6.07) is 15.4. The number of hydrogen-bond acceptors (Lipinski definition) is 8. The van der Waals surface area contributed by atoms with Gasteiger partial charge in [-0.1, -0.05) is 31.2 Å². The third-order valence-corrected chi connectivity index (χ3v) is 6.14. The Labute approximate surface area is 202 Å². The van der Waals surface area contributed by atoms with Gasteiger partial charge < -0.3 is 19.8 Å². The molecule has 0 saturated carbocycles. The summed E-state index contributed by atoms with van der Waals surface area (Å²) < 4.78 is 11.4. The van der Waals surface area contributed by atoms with E-state index in [1.165, 1.54) is 12.5 Å². The van der Waals surface area contributed by atoms with Gasteiger partial charge in [-0.25, -0.2) is 14.8 Å². The second kappa shape index (κ2) is 9.77. The van der Waals surface area contributed by atoms with Crippen molar-refractivity contribution in [2.75, 3.05) is 25.0 Å². The van der Waals surface area contributed by atoms with Gasteiger partial charge >= 0.3 is 5.63 Å². The van der Waals surface area contributed by atoms with Crippen LogP contribution in [0.4, 0.5) is 11.6 Å². The van der Waals surface area contributed by atoms with Gasteiger partial charge in [-0.05, 0) is 37.1 Å². The minimum absolute atomic E-state index is 0.0394. The van der Waals surface area contributed by atoms with E-state index in [0.29, 0.717) is 41.3 Å². The van der Waals surface area contributed by atoms with Crippen LogP contribution in [0.2, 0.25) is 0 Å². The summed E-state index contributed by atoms with van der Waals surface area (Å²) in [6.07, 6.45) is 2.20. The van der Waals surface area contributed by atoms with Gasteiger partial charge in [0.2, 0.25) is 5.95 Å². The first-order chi connectivity index (χ1) is 17.0. The van der Waals surface area contributed by atoms with Crippen LogP contribution in [0, 0.1) is 0 Å². The van der Waals surface area contributed by atoms with E-state index in [2.05, 4.69) is 33.6 Å². The zero-order valence-corrected chi connectivity index (χ0v) is 19.6. The number of Topliss-reactive ketones (excluding diaryl/α,β-unsaturated/α-hetero) is 1. The molecule has 1 saturated heterocycles. The fraction of sp³-hybridized carbons (Fsp3) is 0.259. The minimum Gasteiger partial charge on any atom is -0.422 e. The number of fused-ring (bicyclic) bond motifs is 1. The average molecular weight is 471 g/mol. The fourth-order valence-electron chi connectivity index (χ4n) is 4.50. The second-order valence-corrected chi connectivity index (χ2v) is 8.41. The van der Waals surface area contributed by atoms with Crippen molar-refractivity contribution in [1.29, 1.82) is 0 Å². The average Bonchev–Trinajstić information content (AvgIpc) is 2.88. The maximum absolute atomic E-state index is 12.8. The smallest absolute Gasteiger partial charge is 0.347 e. The Kier molecular flexibility index (Phi) is 6.39. The summed E-state index contributed by atoms with van der Waals surface area (Å²) >= 11 is 0. The van der Waals surface area contributed by atoms with Gasteiger partial charge in [0.25, 0.3) is 0 Å². The molecular weight excluding hydrogens is 444 g/mol. The van der Waals surface area contributed by atoms with Crippen molar-refractivity contribution in [3.8, 4) is 11.3 Å². The van der Waals surface area contributed by atoms with Crippen LogP contribution in [-0.4, -0.2) is 35.4 Å². The third kappa shape index (κ3) is 4.58. The molecule has 2 aromatic carbocycles. The number of ketones is 1. The number of aromatic nitrogens is 2. The molecule has 3 heterocycles. The van der Waals surface area contributed by atoms with E-state index in [1.807, 2.05) is 36.4 Å². The molecule has 0 bridgehead atoms. The standard InChI is InChI=1S/C27H26N4O4/c1-3-17-6-4-5-7-19(17)21-10-11-29-27(31-21)30-18-8-9-20-22(14-18)35-26(33)24(16(2)32)25(20)23-15-28-12-13-34-23/h4-11,14,23,28H,3,12-13,15H2,1-2H3,(H,29,30,31). The second-order valence-electron chi connectivity index (χ2n) is 8.41. The summed E-state index contributed by atoms with van der Waals surface area (Å²) in [5, 5.41) is 7.13. The Hall–Kier alpha value is -3.88. The number of rotatable bonds is 6. The number of benzene rings is 2. The van der Waals surface area contributed by atoms with Crippen LogP contribution >= 0.6 is 0 Å². The number of carbonyl (C=O) groups is 1. The van der Waals surface area contributed by atoms with Gasteiger partial charge in [0.1, 0.15) is 11.1 Å². The van der Waals surface area contributed by atoms with Crippen molar-refractivity contribution in [3.63, 3.8) is 0 Å². The van der Waals surface area contributed by atoms with Gasteiger partial charge in [-0.3, -0.25) is 4.79 Å². The SMILES string of the molecule is CCc1ccccc1-c1ccnc(Nc2ccc3c(C4CNCCO4)c(C(C)=O)c(=O)oc3c2)n1. The van der Waals surface area contributed by atoms with Crippen LogP contribution in [0.25, 0.3) is 22.2 Å². The number of aryl methyl sites for hydroxylation is 1. The lowest BCUT2D eigenvalue weighted by Crippen LogP contribution is -2.35. The van der Waals surface area contributed by atoms with Gasteiger partial charge in [0, 0.05) is 47.6 Å². The first kappa shape index (κ1) is 22.9. The molecule has 8 heteroatoms. The normalized spacial score (nSPS) is 15.8. The molecule has 5 rings (SSSR count). The molecule has 1 aliphatic heterocycles. The van der Waals surface area contributed by atoms with Gasteiger partial charge in [-0.15, -0.1) is 0 Å². The Morgan fingerprint density at radius 3 is 2.83 bits per heavy atom. The molecule has 0 aliphatic carbocycles. The first-order valence-electron chi connectivity index (χ1n) is 11.7. The van der Waals surface area contributed by atoms with Gasteiger partial charge in [-0.2, -0.15) is 0 Å². The molecule has 1 fully saturated rings. The van der Waals surface area contributed by atoms with Crippen molar-refractivity contribution < 1.29 is 13.9 Å². The molecule has 2 aromatic heterocycles. The Morgan fingerprint density at radius 1 is 1.20 bits per heavy atom. The summed E-state index contributed by atoms with van der Waals surface area (Å²) in [4.78, 5) is 34.1.